The summed E-state index contributed by atoms with van der Waals surface area (Å²) in [4.78, 5) is 18.3. The monoisotopic (exact) mass is 359 g/mol. The van der Waals surface area contributed by atoms with Crippen LogP contribution in [0.4, 0.5) is 0 Å². The van der Waals surface area contributed by atoms with Gasteiger partial charge in [-0.1, -0.05) is 29.4 Å². The Hall–Kier alpha value is -2.12. The van der Waals surface area contributed by atoms with Gasteiger partial charge in [-0.05, 0) is 23.6 Å². The maximum Gasteiger partial charge on any atom is 0.227 e. The Morgan fingerprint density at radius 2 is 2.08 bits per heavy atom. The average Bonchev–Trinajstić information content (AvgIpc) is 3.29. The van der Waals surface area contributed by atoms with Crippen LogP contribution in [0.1, 0.15) is 12.3 Å². The first-order valence-electron chi connectivity index (χ1n) is 7.62. The Morgan fingerprint density at radius 1 is 1.21 bits per heavy atom. The normalized spacial score (nSPS) is 10.7. The van der Waals surface area contributed by atoms with E-state index in [9.17, 15) is 4.79 Å². The molecule has 0 bridgehead atoms. The molecule has 1 amide bonds. The first-order valence-corrected chi connectivity index (χ1v) is 9.49. The number of aryl methyl sites for hydroxylation is 1. The lowest BCUT2D eigenvalue weighted by Crippen LogP contribution is -2.25. The van der Waals surface area contributed by atoms with Crippen molar-refractivity contribution >= 4 is 29.0 Å². The molecule has 3 aromatic rings. The Balaban J connectivity index is 1.35. The van der Waals surface area contributed by atoms with E-state index in [1.54, 1.807) is 23.1 Å². The highest BCUT2D eigenvalue weighted by Gasteiger charge is 2.11. The van der Waals surface area contributed by atoms with E-state index in [2.05, 4.69) is 27.6 Å². The summed E-state index contributed by atoms with van der Waals surface area (Å²) in [6.45, 7) is 0.642. The molecule has 5 nitrogen and oxygen atoms in total. The van der Waals surface area contributed by atoms with Crippen molar-refractivity contribution in [2.45, 2.75) is 17.7 Å². The second kappa shape index (κ2) is 8.65. The molecule has 0 spiro atoms. The van der Waals surface area contributed by atoms with E-state index in [4.69, 9.17) is 4.52 Å². The van der Waals surface area contributed by atoms with Gasteiger partial charge < -0.3 is 9.84 Å². The van der Waals surface area contributed by atoms with Crippen molar-refractivity contribution in [2.75, 3.05) is 12.3 Å². The average molecular weight is 359 g/mol. The predicted molar refractivity (Wildman–Crippen MR) is 96.1 cm³/mol. The second-order valence-electron chi connectivity index (χ2n) is 5.00. The fourth-order valence-corrected chi connectivity index (χ4v) is 3.49. The summed E-state index contributed by atoms with van der Waals surface area (Å²) in [6.07, 6.45) is 0.804. The molecule has 0 fully saturated rings. The molecule has 0 atom stereocenters. The lowest BCUT2D eigenvalue weighted by molar-refractivity contribution is -0.121. The van der Waals surface area contributed by atoms with Crippen LogP contribution in [0.2, 0.25) is 0 Å². The Labute approximate surface area is 148 Å². The number of hydrogen-bond acceptors (Lipinski definition) is 6. The fourth-order valence-electron chi connectivity index (χ4n) is 2.05. The Morgan fingerprint density at radius 3 is 2.88 bits per heavy atom. The molecule has 7 heteroatoms. The standard InChI is InChI=1S/C17H17N3O2S2/c21-15(18-10-12-23-13-5-2-1-3-6-13)8-9-16-19-17(20-22-16)14-7-4-11-24-14/h1-7,11H,8-10,12H2,(H,18,21). The van der Waals surface area contributed by atoms with Crippen LogP contribution in [0.15, 0.2) is 57.3 Å². The van der Waals surface area contributed by atoms with Gasteiger partial charge in [0.15, 0.2) is 0 Å². The van der Waals surface area contributed by atoms with E-state index in [1.807, 2.05) is 35.7 Å². The minimum Gasteiger partial charge on any atom is -0.355 e. The summed E-state index contributed by atoms with van der Waals surface area (Å²) in [5.41, 5.74) is 0. The molecule has 0 saturated carbocycles. The number of benzene rings is 1. The van der Waals surface area contributed by atoms with Gasteiger partial charge in [0.2, 0.25) is 17.6 Å². The van der Waals surface area contributed by atoms with E-state index in [1.165, 1.54) is 4.90 Å². The molecule has 0 saturated heterocycles. The van der Waals surface area contributed by atoms with Crippen LogP contribution in [-0.4, -0.2) is 28.3 Å². The molecule has 3 rings (SSSR count). The third kappa shape index (κ3) is 4.94. The van der Waals surface area contributed by atoms with Crippen molar-refractivity contribution in [2.24, 2.45) is 0 Å². The number of nitrogens with zero attached hydrogens (tertiary/aromatic N) is 2. The van der Waals surface area contributed by atoms with Crippen LogP contribution >= 0.6 is 23.1 Å². The second-order valence-corrected chi connectivity index (χ2v) is 7.12. The number of nitrogens with one attached hydrogen (secondary N) is 1. The number of thiophene rings is 1. The molecule has 124 valence electrons. The summed E-state index contributed by atoms with van der Waals surface area (Å²) in [6, 6.07) is 14.0. The number of carbonyl (C=O) groups excluding carboxylic acids is 1. The summed E-state index contributed by atoms with van der Waals surface area (Å²) < 4.78 is 5.18. The molecule has 0 aliphatic carbocycles. The molecule has 0 aliphatic rings. The predicted octanol–water partition coefficient (Wildman–Crippen LogP) is 3.64. The SMILES string of the molecule is O=C(CCc1nc(-c2cccs2)no1)NCCSc1ccccc1. The van der Waals surface area contributed by atoms with Gasteiger partial charge in [0.25, 0.3) is 0 Å². The Kier molecular flexibility index (Phi) is 6.03. The summed E-state index contributed by atoms with van der Waals surface area (Å²) in [5.74, 6) is 1.92. The Bertz CT molecular complexity index is 757. The zero-order valence-electron chi connectivity index (χ0n) is 13.0. The van der Waals surface area contributed by atoms with Gasteiger partial charge in [0.1, 0.15) is 0 Å². The first-order chi connectivity index (χ1) is 11.8. The maximum absolute atomic E-state index is 11.9. The van der Waals surface area contributed by atoms with Gasteiger partial charge in [-0.15, -0.1) is 23.1 Å². The van der Waals surface area contributed by atoms with E-state index in [0.29, 0.717) is 31.1 Å². The maximum atomic E-state index is 11.9. The number of amides is 1. The molecule has 0 aliphatic heterocycles. The molecular formula is C17H17N3O2S2. The number of hydrogen-bond donors (Lipinski definition) is 1. The van der Waals surface area contributed by atoms with Crippen molar-refractivity contribution in [1.82, 2.24) is 15.5 Å². The molecule has 0 unspecified atom stereocenters. The molecule has 1 N–H and O–H groups in total. The van der Waals surface area contributed by atoms with Crippen LogP contribution in [0.5, 0.6) is 0 Å². The number of thioether (sulfide) groups is 1. The van der Waals surface area contributed by atoms with Gasteiger partial charge in [-0.3, -0.25) is 4.79 Å². The minimum atomic E-state index is -0.000430. The van der Waals surface area contributed by atoms with E-state index < -0.39 is 0 Å². The van der Waals surface area contributed by atoms with Gasteiger partial charge >= 0.3 is 0 Å². The lowest BCUT2D eigenvalue weighted by Gasteiger charge is -2.04. The van der Waals surface area contributed by atoms with E-state index >= 15 is 0 Å². The van der Waals surface area contributed by atoms with Gasteiger partial charge in [0.05, 0.1) is 4.88 Å². The zero-order chi connectivity index (χ0) is 16.6. The third-order valence-corrected chi connectivity index (χ3v) is 5.09. The quantitative estimate of drug-likeness (QED) is 0.491. The van der Waals surface area contributed by atoms with Gasteiger partial charge in [0, 0.05) is 30.0 Å². The molecular weight excluding hydrogens is 342 g/mol. The van der Waals surface area contributed by atoms with Gasteiger partial charge in [-0.2, -0.15) is 4.98 Å². The lowest BCUT2D eigenvalue weighted by atomic mass is 10.3. The fraction of sp³-hybridized carbons (Fsp3) is 0.235. The molecule has 0 radical (unpaired) electrons. The molecule has 1 aromatic carbocycles. The van der Waals surface area contributed by atoms with E-state index in [-0.39, 0.29) is 5.91 Å². The van der Waals surface area contributed by atoms with Crippen molar-refractivity contribution in [1.29, 1.82) is 0 Å². The molecule has 2 heterocycles. The topological polar surface area (TPSA) is 68.0 Å². The largest absolute Gasteiger partial charge is 0.355 e. The summed E-state index contributed by atoms with van der Waals surface area (Å²) >= 11 is 3.28. The minimum absolute atomic E-state index is 0.000430. The summed E-state index contributed by atoms with van der Waals surface area (Å²) in [7, 11) is 0. The number of carbonyl (C=O) groups is 1. The third-order valence-electron chi connectivity index (χ3n) is 3.21. The first kappa shape index (κ1) is 16.7. The van der Waals surface area contributed by atoms with Gasteiger partial charge in [-0.25, -0.2) is 0 Å². The van der Waals surface area contributed by atoms with Crippen molar-refractivity contribution in [3.63, 3.8) is 0 Å². The molecule has 24 heavy (non-hydrogen) atoms. The van der Waals surface area contributed by atoms with Crippen molar-refractivity contribution < 1.29 is 9.32 Å². The smallest absolute Gasteiger partial charge is 0.227 e. The number of rotatable bonds is 8. The van der Waals surface area contributed by atoms with Crippen molar-refractivity contribution in [3.8, 4) is 10.7 Å². The van der Waals surface area contributed by atoms with Crippen LogP contribution in [0, 0.1) is 0 Å². The zero-order valence-corrected chi connectivity index (χ0v) is 14.6. The molecule has 2 aromatic heterocycles. The van der Waals surface area contributed by atoms with Crippen LogP contribution in [0.25, 0.3) is 10.7 Å². The van der Waals surface area contributed by atoms with Crippen LogP contribution < -0.4 is 5.32 Å². The number of aromatic nitrogens is 2. The van der Waals surface area contributed by atoms with Crippen LogP contribution in [0.3, 0.4) is 0 Å². The highest BCUT2D eigenvalue weighted by Crippen LogP contribution is 2.21. The highest BCUT2D eigenvalue weighted by molar-refractivity contribution is 7.99. The van der Waals surface area contributed by atoms with Crippen LogP contribution in [-0.2, 0) is 11.2 Å². The highest BCUT2D eigenvalue weighted by atomic mass is 32.2. The van der Waals surface area contributed by atoms with E-state index in [0.717, 1.165) is 10.6 Å². The summed E-state index contributed by atoms with van der Waals surface area (Å²) in [5, 5.41) is 8.81. The van der Waals surface area contributed by atoms with Crippen molar-refractivity contribution in [3.05, 3.63) is 53.7 Å².